The molecule has 100 valence electrons. The average Bonchev–Trinajstić information content (AvgIpc) is 2.64. The standard InChI is InChI=1S/C14H14Cl2N2O/c1-17-12-5-3-2-4-10(12)14(19)18(17)13-7-6-9(15)8-11(13)16/h6-8H,2-5H2,1H3. The van der Waals surface area contributed by atoms with Crippen LogP contribution in [0, 0.1) is 0 Å². The van der Waals surface area contributed by atoms with E-state index in [-0.39, 0.29) is 5.56 Å². The third-order valence-corrected chi connectivity index (χ3v) is 4.26. The normalized spacial score (nSPS) is 14.5. The molecule has 2 aromatic rings. The van der Waals surface area contributed by atoms with Gasteiger partial charge in [0.25, 0.3) is 5.56 Å². The molecular formula is C14H14Cl2N2O. The van der Waals surface area contributed by atoms with Crippen LogP contribution < -0.4 is 5.56 Å². The number of rotatable bonds is 1. The van der Waals surface area contributed by atoms with Crippen LogP contribution >= 0.6 is 23.2 Å². The molecule has 0 spiro atoms. The van der Waals surface area contributed by atoms with Gasteiger partial charge in [-0.2, -0.15) is 0 Å². The van der Waals surface area contributed by atoms with Gasteiger partial charge in [-0.15, -0.1) is 0 Å². The molecule has 1 aromatic heterocycles. The van der Waals surface area contributed by atoms with E-state index in [4.69, 9.17) is 23.2 Å². The van der Waals surface area contributed by atoms with Crippen LogP contribution in [0.4, 0.5) is 0 Å². The molecule has 0 N–H and O–H groups in total. The Labute approximate surface area is 121 Å². The molecule has 1 aromatic carbocycles. The minimum absolute atomic E-state index is 0.0430. The van der Waals surface area contributed by atoms with Crippen LogP contribution in [0.15, 0.2) is 23.0 Å². The summed E-state index contributed by atoms with van der Waals surface area (Å²) in [6.45, 7) is 0. The Hall–Kier alpha value is -1.19. The highest BCUT2D eigenvalue weighted by atomic mass is 35.5. The minimum atomic E-state index is 0.0430. The zero-order valence-corrected chi connectivity index (χ0v) is 12.1. The molecule has 0 bridgehead atoms. The van der Waals surface area contributed by atoms with Gasteiger partial charge in [-0.25, -0.2) is 4.68 Å². The van der Waals surface area contributed by atoms with E-state index in [9.17, 15) is 4.79 Å². The van der Waals surface area contributed by atoms with E-state index in [2.05, 4.69) is 0 Å². The van der Waals surface area contributed by atoms with Crippen molar-refractivity contribution < 1.29 is 0 Å². The van der Waals surface area contributed by atoms with E-state index < -0.39 is 0 Å². The Bertz CT molecular complexity index is 700. The fraction of sp³-hybridized carbons (Fsp3) is 0.357. The van der Waals surface area contributed by atoms with Crippen molar-refractivity contribution in [2.24, 2.45) is 7.05 Å². The topological polar surface area (TPSA) is 26.9 Å². The Morgan fingerprint density at radius 1 is 1.16 bits per heavy atom. The number of fused-ring (bicyclic) bond motifs is 1. The second kappa shape index (κ2) is 4.73. The first kappa shape index (κ1) is 12.8. The van der Waals surface area contributed by atoms with Crippen molar-refractivity contribution in [3.8, 4) is 5.69 Å². The van der Waals surface area contributed by atoms with E-state index in [1.54, 1.807) is 22.9 Å². The van der Waals surface area contributed by atoms with Crippen LogP contribution in [-0.4, -0.2) is 9.36 Å². The van der Waals surface area contributed by atoms with E-state index in [1.165, 1.54) is 0 Å². The molecule has 3 rings (SSSR count). The number of hydrogen-bond acceptors (Lipinski definition) is 1. The zero-order valence-electron chi connectivity index (χ0n) is 10.6. The fourth-order valence-electron chi connectivity index (χ4n) is 2.79. The maximum Gasteiger partial charge on any atom is 0.274 e. The third kappa shape index (κ3) is 2.01. The quantitative estimate of drug-likeness (QED) is 0.793. The first-order chi connectivity index (χ1) is 9.09. The van der Waals surface area contributed by atoms with Crippen LogP contribution in [0.5, 0.6) is 0 Å². The maximum absolute atomic E-state index is 12.5. The van der Waals surface area contributed by atoms with E-state index in [0.29, 0.717) is 15.7 Å². The highest BCUT2D eigenvalue weighted by Crippen LogP contribution is 2.26. The molecule has 3 nitrogen and oxygen atoms in total. The molecule has 0 fully saturated rings. The molecule has 1 heterocycles. The van der Waals surface area contributed by atoms with Gasteiger partial charge >= 0.3 is 0 Å². The van der Waals surface area contributed by atoms with Crippen molar-refractivity contribution in [3.63, 3.8) is 0 Å². The first-order valence-electron chi connectivity index (χ1n) is 6.35. The lowest BCUT2D eigenvalue weighted by Gasteiger charge is -2.13. The first-order valence-corrected chi connectivity index (χ1v) is 7.10. The van der Waals surface area contributed by atoms with Crippen LogP contribution in [0.1, 0.15) is 24.1 Å². The Balaban J connectivity index is 2.26. The molecule has 0 radical (unpaired) electrons. The Morgan fingerprint density at radius 2 is 1.89 bits per heavy atom. The second-order valence-corrected chi connectivity index (χ2v) is 5.71. The minimum Gasteiger partial charge on any atom is -0.285 e. The van der Waals surface area contributed by atoms with Crippen LogP contribution in [0.3, 0.4) is 0 Å². The van der Waals surface area contributed by atoms with Gasteiger partial charge in [0, 0.05) is 23.3 Å². The summed E-state index contributed by atoms with van der Waals surface area (Å²) >= 11 is 12.1. The van der Waals surface area contributed by atoms with E-state index in [0.717, 1.165) is 36.9 Å². The summed E-state index contributed by atoms with van der Waals surface area (Å²) in [6, 6.07) is 5.20. The molecule has 0 saturated heterocycles. The van der Waals surface area contributed by atoms with Gasteiger partial charge < -0.3 is 0 Å². The number of aromatic nitrogens is 2. The highest BCUT2D eigenvalue weighted by molar-refractivity contribution is 6.35. The van der Waals surface area contributed by atoms with Gasteiger partial charge in [-0.05, 0) is 43.9 Å². The van der Waals surface area contributed by atoms with Crippen molar-refractivity contribution in [1.82, 2.24) is 9.36 Å². The summed E-state index contributed by atoms with van der Waals surface area (Å²) in [5, 5.41) is 1.06. The number of nitrogens with zero attached hydrogens (tertiary/aromatic N) is 2. The fourth-order valence-corrected chi connectivity index (χ4v) is 3.27. The predicted molar refractivity (Wildman–Crippen MR) is 77.7 cm³/mol. The lowest BCUT2D eigenvalue weighted by atomic mass is 9.98. The van der Waals surface area contributed by atoms with Crippen molar-refractivity contribution >= 4 is 23.2 Å². The summed E-state index contributed by atoms with van der Waals surface area (Å²) in [4.78, 5) is 12.5. The molecule has 0 amide bonds. The summed E-state index contributed by atoms with van der Waals surface area (Å²) < 4.78 is 3.57. The van der Waals surface area contributed by atoms with Crippen molar-refractivity contribution in [1.29, 1.82) is 0 Å². The summed E-state index contributed by atoms with van der Waals surface area (Å²) in [7, 11) is 1.91. The lowest BCUT2D eigenvalue weighted by molar-refractivity contribution is 0.587. The SMILES string of the molecule is Cn1c2c(c(=O)n1-c1ccc(Cl)cc1Cl)CCCC2. The summed E-state index contributed by atoms with van der Waals surface area (Å²) in [6.07, 6.45) is 4.04. The van der Waals surface area contributed by atoms with Crippen LogP contribution in [-0.2, 0) is 19.9 Å². The van der Waals surface area contributed by atoms with Gasteiger partial charge in [0.15, 0.2) is 0 Å². The lowest BCUT2D eigenvalue weighted by Crippen LogP contribution is -2.21. The van der Waals surface area contributed by atoms with Gasteiger partial charge in [-0.1, -0.05) is 23.2 Å². The van der Waals surface area contributed by atoms with Crippen molar-refractivity contribution in [3.05, 3.63) is 49.9 Å². The second-order valence-electron chi connectivity index (χ2n) is 4.87. The molecule has 19 heavy (non-hydrogen) atoms. The van der Waals surface area contributed by atoms with E-state index in [1.807, 2.05) is 11.7 Å². The predicted octanol–water partition coefficient (Wildman–Crippen LogP) is 3.36. The molecule has 1 aliphatic rings. The molecule has 0 atom stereocenters. The van der Waals surface area contributed by atoms with Crippen LogP contribution in [0.25, 0.3) is 5.69 Å². The monoisotopic (exact) mass is 296 g/mol. The van der Waals surface area contributed by atoms with Crippen LogP contribution in [0.2, 0.25) is 10.0 Å². The highest BCUT2D eigenvalue weighted by Gasteiger charge is 2.22. The summed E-state index contributed by atoms with van der Waals surface area (Å²) in [5.41, 5.74) is 2.79. The molecule has 0 aliphatic heterocycles. The number of benzene rings is 1. The Morgan fingerprint density at radius 3 is 2.58 bits per heavy atom. The smallest absolute Gasteiger partial charge is 0.274 e. The average molecular weight is 297 g/mol. The van der Waals surface area contributed by atoms with Crippen molar-refractivity contribution in [2.45, 2.75) is 25.7 Å². The van der Waals surface area contributed by atoms with Gasteiger partial charge in [0.2, 0.25) is 0 Å². The molecular weight excluding hydrogens is 283 g/mol. The molecule has 1 aliphatic carbocycles. The summed E-state index contributed by atoms with van der Waals surface area (Å²) in [5.74, 6) is 0. The molecule has 0 saturated carbocycles. The van der Waals surface area contributed by atoms with Gasteiger partial charge in [-0.3, -0.25) is 9.48 Å². The maximum atomic E-state index is 12.5. The number of hydrogen-bond donors (Lipinski definition) is 0. The third-order valence-electron chi connectivity index (χ3n) is 3.72. The van der Waals surface area contributed by atoms with Crippen molar-refractivity contribution in [2.75, 3.05) is 0 Å². The zero-order chi connectivity index (χ0) is 13.6. The largest absolute Gasteiger partial charge is 0.285 e. The number of halogens is 2. The Kier molecular flexibility index (Phi) is 3.19. The van der Waals surface area contributed by atoms with E-state index >= 15 is 0 Å². The molecule has 0 unspecified atom stereocenters. The van der Waals surface area contributed by atoms with Gasteiger partial charge in [0.05, 0.1) is 10.7 Å². The molecule has 5 heteroatoms. The van der Waals surface area contributed by atoms with Gasteiger partial charge in [0.1, 0.15) is 0 Å².